The zero-order valence-electron chi connectivity index (χ0n) is 14.4. The Morgan fingerprint density at radius 1 is 1.29 bits per heavy atom. The molecular weight excluding hydrogens is 324 g/mol. The van der Waals surface area contributed by atoms with Gasteiger partial charge in [-0.25, -0.2) is 0 Å². The van der Waals surface area contributed by atoms with Gasteiger partial charge in [0.2, 0.25) is 11.8 Å². The van der Waals surface area contributed by atoms with E-state index >= 15 is 0 Å². The van der Waals surface area contributed by atoms with E-state index in [9.17, 15) is 14.9 Å². The Morgan fingerprint density at radius 2 is 2.00 bits per heavy atom. The lowest BCUT2D eigenvalue weighted by Crippen LogP contribution is -2.42. The van der Waals surface area contributed by atoms with Gasteiger partial charge < -0.3 is 10.6 Å². The lowest BCUT2D eigenvalue weighted by molar-refractivity contribution is -0.123. The Labute approximate surface area is 146 Å². The first kappa shape index (κ1) is 18.4. The number of hydrogen-bond acceptors (Lipinski definition) is 5. The van der Waals surface area contributed by atoms with Gasteiger partial charge in [-0.1, -0.05) is 6.92 Å². The third-order valence-electron chi connectivity index (χ3n) is 3.92. The molecule has 1 aromatic heterocycles. The number of amides is 2. The number of aryl methyl sites for hydroxylation is 1. The van der Waals surface area contributed by atoms with Crippen molar-refractivity contribution in [2.45, 2.75) is 46.1 Å². The predicted molar refractivity (Wildman–Crippen MR) is 95.1 cm³/mol. The van der Waals surface area contributed by atoms with Gasteiger partial charge >= 0.3 is 0 Å². The van der Waals surface area contributed by atoms with Gasteiger partial charge in [0.25, 0.3) is 0 Å². The smallest absolute Gasteiger partial charge is 0.239 e. The van der Waals surface area contributed by atoms with E-state index in [4.69, 9.17) is 0 Å². The number of carbonyl (C=O) groups excluding carboxylic acids is 2. The second kappa shape index (κ2) is 8.27. The van der Waals surface area contributed by atoms with E-state index < -0.39 is 0 Å². The minimum atomic E-state index is -0.189. The Hall–Kier alpha value is -1.91. The highest BCUT2D eigenvalue weighted by molar-refractivity contribution is 7.16. The minimum absolute atomic E-state index is 0.0803. The van der Waals surface area contributed by atoms with E-state index in [-0.39, 0.29) is 30.9 Å². The van der Waals surface area contributed by atoms with E-state index in [2.05, 4.69) is 16.7 Å². The average molecular weight is 348 g/mol. The van der Waals surface area contributed by atoms with Crippen molar-refractivity contribution in [1.29, 1.82) is 5.26 Å². The van der Waals surface area contributed by atoms with Crippen LogP contribution in [0.25, 0.3) is 0 Å². The molecule has 0 spiro atoms. The normalized spacial score (nSPS) is 13.0. The van der Waals surface area contributed by atoms with E-state index in [0.717, 1.165) is 24.8 Å². The maximum absolute atomic E-state index is 12.3. The first-order valence-electron chi connectivity index (χ1n) is 8.30. The molecule has 0 unspecified atom stereocenters. The first-order valence-corrected chi connectivity index (χ1v) is 9.12. The maximum atomic E-state index is 12.3. The molecule has 24 heavy (non-hydrogen) atoms. The van der Waals surface area contributed by atoms with E-state index in [0.29, 0.717) is 17.1 Å². The Balaban J connectivity index is 1.95. The molecule has 2 amide bonds. The predicted octanol–water partition coefficient (Wildman–Crippen LogP) is 1.89. The molecule has 7 heteroatoms. The van der Waals surface area contributed by atoms with Crippen molar-refractivity contribution in [3.05, 3.63) is 16.0 Å². The van der Waals surface area contributed by atoms with Crippen LogP contribution in [0.1, 0.15) is 43.2 Å². The highest BCUT2D eigenvalue weighted by Crippen LogP contribution is 2.38. The summed E-state index contributed by atoms with van der Waals surface area (Å²) in [5, 5.41) is 15.7. The fourth-order valence-corrected chi connectivity index (χ4v) is 4.09. The summed E-state index contributed by atoms with van der Waals surface area (Å²) < 4.78 is 0. The molecule has 1 aliphatic rings. The number of nitriles is 1. The number of likely N-dealkylation sites (N-methyl/N-ethyl adjacent to an activating group) is 1. The van der Waals surface area contributed by atoms with Crippen LogP contribution in [0.4, 0.5) is 5.00 Å². The van der Waals surface area contributed by atoms with Crippen molar-refractivity contribution in [3.63, 3.8) is 0 Å². The van der Waals surface area contributed by atoms with Crippen molar-refractivity contribution >= 4 is 28.2 Å². The van der Waals surface area contributed by atoms with Crippen LogP contribution in [-0.4, -0.2) is 42.4 Å². The summed E-state index contributed by atoms with van der Waals surface area (Å²) in [5.41, 5.74) is 1.71. The largest absolute Gasteiger partial charge is 0.353 e. The Kier molecular flexibility index (Phi) is 6.35. The molecule has 0 bridgehead atoms. The van der Waals surface area contributed by atoms with Crippen LogP contribution in [0.15, 0.2) is 0 Å². The van der Waals surface area contributed by atoms with Crippen LogP contribution >= 0.6 is 11.3 Å². The molecule has 1 aliphatic carbocycles. The maximum Gasteiger partial charge on any atom is 0.239 e. The van der Waals surface area contributed by atoms with E-state index in [1.165, 1.54) is 16.2 Å². The highest BCUT2D eigenvalue weighted by atomic mass is 32.1. The molecule has 1 heterocycles. The molecule has 0 aromatic carbocycles. The minimum Gasteiger partial charge on any atom is -0.353 e. The van der Waals surface area contributed by atoms with Gasteiger partial charge in [-0.15, -0.1) is 11.3 Å². The third kappa shape index (κ3) is 4.56. The summed E-state index contributed by atoms with van der Waals surface area (Å²) >= 11 is 1.51. The van der Waals surface area contributed by atoms with Crippen LogP contribution in [-0.2, 0) is 22.4 Å². The van der Waals surface area contributed by atoms with Crippen LogP contribution in [0.2, 0.25) is 0 Å². The topological polar surface area (TPSA) is 85.2 Å². The van der Waals surface area contributed by atoms with E-state index in [1.807, 2.05) is 20.8 Å². The molecule has 0 fully saturated rings. The molecule has 0 radical (unpaired) electrons. The fraction of sp³-hybridized carbons (Fsp3) is 0.588. The second-order valence-corrected chi connectivity index (χ2v) is 7.35. The zero-order chi connectivity index (χ0) is 17.7. The van der Waals surface area contributed by atoms with Gasteiger partial charge in [0, 0.05) is 10.9 Å². The summed E-state index contributed by atoms with van der Waals surface area (Å²) in [4.78, 5) is 27.1. The number of anilines is 1. The number of rotatable bonds is 7. The van der Waals surface area contributed by atoms with Gasteiger partial charge in [-0.2, -0.15) is 5.26 Å². The highest BCUT2D eigenvalue weighted by Gasteiger charge is 2.23. The lowest BCUT2D eigenvalue weighted by Gasteiger charge is -2.20. The van der Waals surface area contributed by atoms with E-state index in [1.54, 1.807) is 4.90 Å². The van der Waals surface area contributed by atoms with Crippen LogP contribution in [0, 0.1) is 11.3 Å². The summed E-state index contributed by atoms with van der Waals surface area (Å²) in [6, 6.07) is 2.30. The quantitative estimate of drug-likeness (QED) is 0.788. The fourth-order valence-electron chi connectivity index (χ4n) is 2.83. The zero-order valence-corrected chi connectivity index (χ0v) is 15.3. The Bertz CT molecular complexity index is 660. The van der Waals surface area contributed by atoms with Crippen molar-refractivity contribution < 1.29 is 9.59 Å². The van der Waals surface area contributed by atoms with Crippen LogP contribution < -0.4 is 10.6 Å². The molecule has 2 N–H and O–H groups in total. The summed E-state index contributed by atoms with van der Waals surface area (Å²) in [6.45, 7) is 6.64. The van der Waals surface area contributed by atoms with Crippen molar-refractivity contribution in [2.75, 3.05) is 25.0 Å². The van der Waals surface area contributed by atoms with Crippen LogP contribution in [0.3, 0.4) is 0 Å². The number of nitrogens with zero attached hydrogens (tertiary/aromatic N) is 2. The second-order valence-electron chi connectivity index (χ2n) is 6.25. The number of hydrogen-bond donors (Lipinski definition) is 2. The lowest BCUT2D eigenvalue weighted by atomic mass is 10.1. The molecule has 2 rings (SSSR count). The number of carbonyl (C=O) groups is 2. The molecule has 130 valence electrons. The van der Waals surface area contributed by atoms with Gasteiger partial charge in [0.1, 0.15) is 11.1 Å². The van der Waals surface area contributed by atoms with Gasteiger partial charge in [0.05, 0.1) is 18.7 Å². The SMILES string of the molecule is CCN(CC(=O)Nc1sc2c(c1C#N)CCC2)CC(=O)NC(C)C. The molecule has 0 aliphatic heterocycles. The number of fused-ring (bicyclic) bond motifs is 1. The van der Waals surface area contributed by atoms with Gasteiger partial charge in [0.15, 0.2) is 0 Å². The Morgan fingerprint density at radius 3 is 2.62 bits per heavy atom. The molecule has 0 saturated heterocycles. The van der Waals surface area contributed by atoms with Crippen molar-refractivity contribution in [2.24, 2.45) is 0 Å². The average Bonchev–Trinajstić information content (AvgIpc) is 3.05. The first-order chi connectivity index (χ1) is 11.4. The molecule has 1 aromatic rings. The van der Waals surface area contributed by atoms with Crippen molar-refractivity contribution in [3.8, 4) is 6.07 Å². The molecule has 0 atom stereocenters. The molecule has 6 nitrogen and oxygen atoms in total. The number of nitrogens with one attached hydrogen (secondary N) is 2. The summed E-state index contributed by atoms with van der Waals surface area (Å²) in [6.07, 6.45) is 2.99. The third-order valence-corrected chi connectivity index (χ3v) is 5.12. The van der Waals surface area contributed by atoms with Gasteiger partial charge in [-0.3, -0.25) is 14.5 Å². The molecular formula is C17H24N4O2S. The summed E-state index contributed by atoms with van der Waals surface area (Å²) in [5.74, 6) is -0.280. The number of thiophene rings is 1. The molecule has 0 saturated carbocycles. The monoisotopic (exact) mass is 348 g/mol. The standard InChI is InChI=1S/C17H24N4O2S/c1-4-21(9-15(22)19-11(2)3)10-16(23)20-17-13(8-18)12-6-5-7-14(12)24-17/h11H,4-7,9-10H2,1-3H3,(H,19,22)(H,20,23). The van der Waals surface area contributed by atoms with Crippen LogP contribution in [0.5, 0.6) is 0 Å². The van der Waals surface area contributed by atoms with Crippen molar-refractivity contribution in [1.82, 2.24) is 10.2 Å². The summed E-state index contributed by atoms with van der Waals surface area (Å²) in [7, 11) is 0. The van der Waals surface area contributed by atoms with Gasteiger partial charge in [-0.05, 0) is 45.2 Å².